The first-order chi connectivity index (χ1) is 9.79. The summed E-state index contributed by atoms with van der Waals surface area (Å²) in [6, 6.07) is 10.4. The molecule has 0 heterocycles. The van der Waals surface area contributed by atoms with Crippen LogP contribution in [0.4, 0.5) is 18.9 Å². The maximum atomic E-state index is 12.5. The quantitative estimate of drug-likeness (QED) is 0.636. The van der Waals surface area contributed by atoms with Crippen molar-refractivity contribution >= 4 is 22.5 Å². The molecular weight excluding hydrogens is 299 g/mol. The molecule has 0 aromatic heterocycles. The number of aryl methyl sites for hydroxylation is 2. The minimum absolute atomic E-state index is 0.168. The third kappa shape index (κ3) is 3.64. The maximum absolute atomic E-state index is 12.5. The van der Waals surface area contributed by atoms with Crippen molar-refractivity contribution in [3.63, 3.8) is 0 Å². The molecule has 0 atom stereocenters. The van der Waals surface area contributed by atoms with Gasteiger partial charge in [0.25, 0.3) is 0 Å². The zero-order chi connectivity index (χ0) is 15.6. The predicted octanol–water partition coefficient (Wildman–Crippen LogP) is 5.64. The number of nitrogens with zero attached hydrogens (tertiary/aromatic N) is 1. The van der Waals surface area contributed by atoms with Crippen LogP contribution in [-0.2, 0) is 6.18 Å². The second-order valence-corrected chi connectivity index (χ2v) is 5.08. The lowest BCUT2D eigenvalue weighted by atomic mass is 10.1. The third-order valence-corrected chi connectivity index (χ3v) is 3.40. The van der Waals surface area contributed by atoms with Crippen molar-refractivity contribution in [2.45, 2.75) is 20.0 Å². The molecule has 0 saturated carbocycles. The maximum Gasteiger partial charge on any atom is 0.416 e. The number of benzene rings is 2. The highest BCUT2D eigenvalue weighted by Gasteiger charge is 2.30. The molecule has 0 spiro atoms. The largest absolute Gasteiger partial charge is 0.416 e. The van der Waals surface area contributed by atoms with E-state index in [4.69, 9.17) is 11.6 Å². The molecule has 0 aliphatic heterocycles. The first kappa shape index (κ1) is 15.6. The number of hydrogen-bond donors (Lipinski definition) is 0. The van der Waals surface area contributed by atoms with Gasteiger partial charge in [0.1, 0.15) is 5.17 Å². The summed E-state index contributed by atoms with van der Waals surface area (Å²) >= 11 is 6.12. The molecule has 2 aromatic carbocycles. The van der Waals surface area contributed by atoms with Crippen LogP contribution in [-0.4, -0.2) is 5.17 Å². The van der Waals surface area contributed by atoms with E-state index in [0.717, 1.165) is 28.9 Å². The number of rotatable bonds is 2. The Morgan fingerprint density at radius 1 is 0.952 bits per heavy atom. The Bertz CT molecular complexity index is 653. The molecule has 2 aromatic rings. The average Bonchev–Trinajstić information content (AvgIpc) is 2.42. The highest BCUT2D eigenvalue weighted by atomic mass is 35.5. The second-order valence-electron chi connectivity index (χ2n) is 4.72. The van der Waals surface area contributed by atoms with Gasteiger partial charge < -0.3 is 0 Å². The summed E-state index contributed by atoms with van der Waals surface area (Å²) in [5, 5.41) is 0.168. The van der Waals surface area contributed by atoms with E-state index >= 15 is 0 Å². The summed E-state index contributed by atoms with van der Waals surface area (Å²) in [4.78, 5) is 4.32. The van der Waals surface area contributed by atoms with Crippen LogP contribution in [0.2, 0.25) is 0 Å². The summed E-state index contributed by atoms with van der Waals surface area (Å²) in [5.74, 6) is 0. The van der Waals surface area contributed by atoms with Crippen molar-refractivity contribution in [1.82, 2.24) is 0 Å². The first-order valence-electron chi connectivity index (χ1n) is 6.27. The summed E-state index contributed by atoms with van der Waals surface area (Å²) in [5.41, 5.74) is 2.40. The van der Waals surface area contributed by atoms with E-state index in [1.54, 1.807) is 0 Å². The normalized spacial score (nSPS) is 12.6. The Balaban J connectivity index is 2.36. The standard InChI is InChI=1S/C16H13ClF3N/c1-10-4-3-5-11(2)14(10)21-15(17)12-6-8-13(9-7-12)16(18,19)20/h3-9H,1-2H3. The molecule has 21 heavy (non-hydrogen) atoms. The van der Waals surface area contributed by atoms with Crippen LogP contribution < -0.4 is 0 Å². The molecule has 2 rings (SSSR count). The van der Waals surface area contributed by atoms with Crippen LogP contribution in [0, 0.1) is 13.8 Å². The predicted molar refractivity (Wildman–Crippen MR) is 79.4 cm³/mol. The van der Waals surface area contributed by atoms with Gasteiger partial charge in [0.05, 0.1) is 11.3 Å². The molecule has 0 aliphatic carbocycles. The van der Waals surface area contributed by atoms with Crippen LogP contribution in [0.15, 0.2) is 47.5 Å². The lowest BCUT2D eigenvalue weighted by Crippen LogP contribution is -2.05. The van der Waals surface area contributed by atoms with E-state index in [0.29, 0.717) is 5.56 Å². The van der Waals surface area contributed by atoms with Gasteiger partial charge in [-0.15, -0.1) is 0 Å². The minimum Gasteiger partial charge on any atom is -0.236 e. The van der Waals surface area contributed by atoms with Crippen molar-refractivity contribution < 1.29 is 13.2 Å². The van der Waals surface area contributed by atoms with E-state index in [1.165, 1.54) is 12.1 Å². The molecular formula is C16H13ClF3N. The molecule has 110 valence electrons. The van der Waals surface area contributed by atoms with E-state index in [1.807, 2.05) is 32.0 Å². The van der Waals surface area contributed by atoms with Crippen LogP contribution in [0.5, 0.6) is 0 Å². The molecule has 1 nitrogen and oxygen atoms in total. The van der Waals surface area contributed by atoms with Crippen LogP contribution in [0.1, 0.15) is 22.3 Å². The van der Waals surface area contributed by atoms with Crippen molar-refractivity contribution in [2.75, 3.05) is 0 Å². The zero-order valence-corrected chi connectivity index (χ0v) is 12.3. The Hall–Kier alpha value is -1.81. The van der Waals surface area contributed by atoms with Gasteiger partial charge in [-0.2, -0.15) is 13.2 Å². The highest BCUT2D eigenvalue weighted by molar-refractivity contribution is 6.69. The van der Waals surface area contributed by atoms with Crippen LogP contribution >= 0.6 is 11.6 Å². The molecule has 0 N–H and O–H groups in total. The second kappa shape index (κ2) is 5.90. The summed E-state index contributed by atoms with van der Waals surface area (Å²) in [7, 11) is 0. The Morgan fingerprint density at radius 2 is 1.48 bits per heavy atom. The summed E-state index contributed by atoms with van der Waals surface area (Å²) in [6.07, 6.45) is -4.35. The van der Waals surface area contributed by atoms with E-state index in [9.17, 15) is 13.2 Å². The SMILES string of the molecule is Cc1cccc(C)c1N=C(Cl)c1ccc(C(F)(F)F)cc1. The zero-order valence-electron chi connectivity index (χ0n) is 11.5. The fraction of sp³-hybridized carbons (Fsp3) is 0.188. The number of alkyl halides is 3. The van der Waals surface area contributed by atoms with Gasteiger partial charge in [0.2, 0.25) is 0 Å². The van der Waals surface area contributed by atoms with Gasteiger partial charge >= 0.3 is 6.18 Å². The lowest BCUT2D eigenvalue weighted by Gasteiger charge is -2.08. The lowest BCUT2D eigenvalue weighted by molar-refractivity contribution is -0.137. The van der Waals surface area contributed by atoms with E-state index in [2.05, 4.69) is 4.99 Å². The fourth-order valence-electron chi connectivity index (χ4n) is 1.94. The number of para-hydroxylation sites is 1. The molecule has 0 amide bonds. The summed E-state index contributed by atoms with van der Waals surface area (Å²) < 4.78 is 37.5. The molecule has 0 bridgehead atoms. The minimum atomic E-state index is -4.35. The number of aliphatic imine (C=N–C) groups is 1. The smallest absolute Gasteiger partial charge is 0.236 e. The number of hydrogen-bond acceptors (Lipinski definition) is 1. The Kier molecular flexibility index (Phi) is 4.37. The van der Waals surface area contributed by atoms with Crippen molar-refractivity contribution in [3.05, 3.63) is 64.7 Å². The van der Waals surface area contributed by atoms with Gasteiger partial charge in [0.15, 0.2) is 0 Å². The Labute approximate surface area is 126 Å². The average molecular weight is 312 g/mol. The number of halogens is 4. The third-order valence-electron chi connectivity index (χ3n) is 3.10. The monoisotopic (exact) mass is 311 g/mol. The first-order valence-corrected chi connectivity index (χ1v) is 6.65. The van der Waals surface area contributed by atoms with Gasteiger partial charge in [-0.1, -0.05) is 41.9 Å². The van der Waals surface area contributed by atoms with E-state index in [-0.39, 0.29) is 5.17 Å². The van der Waals surface area contributed by atoms with Gasteiger partial charge in [0, 0.05) is 5.56 Å². The molecule has 0 fully saturated rings. The molecule has 0 radical (unpaired) electrons. The van der Waals surface area contributed by atoms with E-state index < -0.39 is 11.7 Å². The van der Waals surface area contributed by atoms with Crippen molar-refractivity contribution in [1.29, 1.82) is 0 Å². The fourth-order valence-corrected chi connectivity index (χ4v) is 2.15. The topological polar surface area (TPSA) is 12.4 Å². The summed E-state index contributed by atoms with van der Waals surface area (Å²) in [6.45, 7) is 3.81. The molecule has 0 saturated heterocycles. The molecule has 5 heteroatoms. The molecule has 0 aliphatic rings. The van der Waals surface area contributed by atoms with Crippen LogP contribution in [0.25, 0.3) is 0 Å². The van der Waals surface area contributed by atoms with Crippen molar-refractivity contribution in [3.8, 4) is 0 Å². The molecule has 0 unspecified atom stereocenters. The van der Waals surface area contributed by atoms with Crippen LogP contribution in [0.3, 0.4) is 0 Å². The van der Waals surface area contributed by atoms with Gasteiger partial charge in [-0.3, -0.25) is 0 Å². The van der Waals surface area contributed by atoms with Gasteiger partial charge in [-0.25, -0.2) is 4.99 Å². The highest BCUT2D eigenvalue weighted by Crippen LogP contribution is 2.30. The van der Waals surface area contributed by atoms with Crippen molar-refractivity contribution in [2.24, 2.45) is 4.99 Å². The van der Waals surface area contributed by atoms with Gasteiger partial charge in [-0.05, 0) is 37.1 Å². The Morgan fingerprint density at radius 3 is 1.95 bits per heavy atom.